The van der Waals surface area contributed by atoms with Crippen LogP contribution < -0.4 is 10.6 Å². The Morgan fingerprint density at radius 2 is 1.29 bits per heavy atom. The summed E-state index contributed by atoms with van der Waals surface area (Å²) in [4.78, 5) is 4.95. The number of halogens is 1. The lowest BCUT2D eigenvalue weighted by Crippen LogP contribution is -2.44. The minimum absolute atomic E-state index is 0.0636. The number of nitrogens with one attached hydrogen (secondary N) is 2. The van der Waals surface area contributed by atoms with Crippen LogP contribution in [0.4, 0.5) is 0 Å². The molecule has 0 aromatic heterocycles. The fraction of sp³-hybridized carbons (Fsp3) is 0.0741. The van der Waals surface area contributed by atoms with Crippen molar-refractivity contribution in [3.8, 4) is 11.1 Å². The van der Waals surface area contributed by atoms with Crippen LogP contribution in [-0.4, -0.2) is 5.84 Å². The van der Waals surface area contributed by atoms with E-state index >= 15 is 0 Å². The van der Waals surface area contributed by atoms with Crippen LogP contribution in [0.25, 0.3) is 11.1 Å². The number of rotatable bonds is 4. The molecule has 4 aromatic rings. The molecule has 0 radical (unpaired) electrons. The van der Waals surface area contributed by atoms with Crippen molar-refractivity contribution in [2.24, 2.45) is 4.99 Å². The van der Waals surface area contributed by atoms with E-state index in [-0.39, 0.29) is 12.3 Å². The second kappa shape index (κ2) is 8.76. The Hall–Kier alpha value is -3.40. The molecule has 0 fully saturated rings. The Morgan fingerprint density at radius 3 is 2.00 bits per heavy atom. The third-order valence-corrected chi connectivity index (χ3v) is 5.66. The molecule has 2 unspecified atom stereocenters. The normalized spacial score (nSPS) is 18.2. The number of hydrogen-bond donors (Lipinski definition) is 2. The van der Waals surface area contributed by atoms with Crippen LogP contribution in [0.3, 0.4) is 0 Å². The molecule has 0 saturated heterocycles. The Kier molecular flexibility index (Phi) is 5.53. The highest BCUT2D eigenvalue weighted by Crippen LogP contribution is 2.27. The maximum atomic E-state index is 6.16. The standard InChI is InChI=1S/C27H22ClN3/c28-24-13-7-12-23(18-24)19-14-16-22(17-15-19)27-30-25(20-8-3-1-4-9-20)29-26(31-27)21-10-5-2-6-11-21/h1-18,25,27,30H,(H,29,31). The maximum absolute atomic E-state index is 6.16. The summed E-state index contributed by atoms with van der Waals surface area (Å²) in [5.74, 6) is 0.886. The van der Waals surface area contributed by atoms with E-state index in [9.17, 15) is 0 Å². The zero-order valence-corrected chi connectivity index (χ0v) is 17.6. The zero-order valence-electron chi connectivity index (χ0n) is 16.9. The molecule has 4 heteroatoms. The van der Waals surface area contributed by atoms with Crippen LogP contribution in [0, 0.1) is 0 Å². The number of benzene rings is 4. The molecule has 0 spiro atoms. The van der Waals surface area contributed by atoms with Crippen molar-refractivity contribution in [3.05, 3.63) is 131 Å². The summed E-state index contributed by atoms with van der Waals surface area (Å²) in [6.45, 7) is 0. The first kappa shape index (κ1) is 19.6. The van der Waals surface area contributed by atoms with Crippen molar-refractivity contribution in [3.63, 3.8) is 0 Å². The molecule has 0 aliphatic carbocycles. The molecule has 3 nitrogen and oxygen atoms in total. The van der Waals surface area contributed by atoms with Gasteiger partial charge in [-0.1, -0.05) is 109 Å². The summed E-state index contributed by atoms with van der Waals surface area (Å²) in [5, 5.41) is 7.95. The summed E-state index contributed by atoms with van der Waals surface area (Å²) in [5.41, 5.74) is 5.61. The van der Waals surface area contributed by atoms with E-state index in [0.717, 1.165) is 38.7 Å². The Morgan fingerprint density at radius 1 is 0.613 bits per heavy atom. The zero-order chi connectivity index (χ0) is 21.0. The van der Waals surface area contributed by atoms with Gasteiger partial charge in [0.25, 0.3) is 0 Å². The molecule has 2 N–H and O–H groups in total. The van der Waals surface area contributed by atoms with Crippen LogP contribution in [0.5, 0.6) is 0 Å². The SMILES string of the molecule is Clc1cccc(-c2ccc(C3NC(c4ccccc4)=NC(c4ccccc4)N3)cc2)c1. The summed E-state index contributed by atoms with van der Waals surface area (Å²) in [7, 11) is 0. The Balaban J connectivity index is 1.47. The van der Waals surface area contributed by atoms with Crippen LogP contribution >= 0.6 is 11.6 Å². The van der Waals surface area contributed by atoms with Crippen molar-refractivity contribution in [2.45, 2.75) is 12.3 Å². The van der Waals surface area contributed by atoms with Gasteiger partial charge in [0.1, 0.15) is 18.2 Å². The third kappa shape index (κ3) is 4.38. The van der Waals surface area contributed by atoms with E-state index < -0.39 is 0 Å². The van der Waals surface area contributed by atoms with Gasteiger partial charge in [-0.2, -0.15) is 0 Å². The number of hydrogen-bond acceptors (Lipinski definition) is 3. The van der Waals surface area contributed by atoms with Crippen LogP contribution in [0.15, 0.2) is 114 Å². The lowest BCUT2D eigenvalue weighted by atomic mass is 10.0. The predicted octanol–water partition coefficient (Wildman–Crippen LogP) is 6.34. The fourth-order valence-corrected chi connectivity index (χ4v) is 4.01. The van der Waals surface area contributed by atoms with E-state index in [1.807, 2.05) is 54.6 Å². The van der Waals surface area contributed by atoms with Crippen molar-refractivity contribution >= 4 is 17.4 Å². The molecule has 1 aliphatic heterocycles. The minimum atomic E-state index is -0.129. The molecule has 1 heterocycles. The molecule has 1 aliphatic rings. The topological polar surface area (TPSA) is 36.4 Å². The lowest BCUT2D eigenvalue weighted by Gasteiger charge is -2.32. The molecule has 0 saturated carbocycles. The average molecular weight is 424 g/mol. The maximum Gasteiger partial charge on any atom is 0.131 e. The summed E-state index contributed by atoms with van der Waals surface area (Å²) >= 11 is 6.16. The van der Waals surface area contributed by atoms with Gasteiger partial charge in [0.15, 0.2) is 0 Å². The predicted molar refractivity (Wildman–Crippen MR) is 128 cm³/mol. The van der Waals surface area contributed by atoms with Gasteiger partial charge in [0, 0.05) is 10.6 Å². The smallest absolute Gasteiger partial charge is 0.131 e. The van der Waals surface area contributed by atoms with Gasteiger partial charge >= 0.3 is 0 Å². The second-order valence-corrected chi connectivity index (χ2v) is 7.97. The van der Waals surface area contributed by atoms with Crippen molar-refractivity contribution in [1.82, 2.24) is 10.6 Å². The van der Waals surface area contributed by atoms with Crippen molar-refractivity contribution in [2.75, 3.05) is 0 Å². The molecular weight excluding hydrogens is 402 g/mol. The van der Waals surface area contributed by atoms with E-state index in [1.165, 1.54) is 0 Å². The molecular formula is C27H22ClN3. The van der Waals surface area contributed by atoms with Gasteiger partial charge in [-0.3, -0.25) is 5.32 Å². The van der Waals surface area contributed by atoms with E-state index in [2.05, 4.69) is 65.2 Å². The van der Waals surface area contributed by atoms with Crippen molar-refractivity contribution in [1.29, 1.82) is 0 Å². The highest BCUT2D eigenvalue weighted by atomic mass is 35.5. The summed E-state index contributed by atoms with van der Waals surface area (Å²) in [6, 6.07) is 37.1. The molecule has 4 aromatic carbocycles. The fourth-order valence-electron chi connectivity index (χ4n) is 3.82. The molecule has 0 amide bonds. The third-order valence-electron chi connectivity index (χ3n) is 5.43. The molecule has 0 bridgehead atoms. The number of amidine groups is 1. The first-order valence-electron chi connectivity index (χ1n) is 10.3. The van der Waals surface area contributed by atoms with E-state index in [1.54, 1.807) is 0 Å². The summed E-state index contributed by atoms with van der Waals surface area (Å²) in [6.07, 6.45) is -0.193. The molecule has 31 heavy (non-hydrogen) atoms. The van der Waals surface area contributed by atoms with E-state index in [0.29, 0.717) is 0 Å². The first-order valence-corrected chi connectivity index (χ1v) is 10.7. The molecule has 152 valence electrons. The minimum Gasteiger partial charge on any atom is -0.350 e. The average Bonchev–Trinajstić information content (AvgIpc) is 2.85. The van der Waals surface area contributed by atoms with Crippen molar-refractivity contribution < 1.29 is 0 Å². The van der Waals surface area contributed by atoms with Gasteiger partial charge in [-0.15, -0.1) is 0 Å². The Bertz CT molecular complexity index is 1190. The second-order valence-electron chi connectivity index (χ2n) is 7.53. The van der Waals surface area contributed by atoms with Gasteiger partial charge < -0.3 is 5.32 Å². The largest absolute Gasteiger partial charge is 0.350 e. The van der Waals surface area contributed by atoms with Gasteiger partial charge in [-0.05, 0) is 34.4 Å². The Labute approximate surface area is 187 Å². The first-order chi connectivity index (χ1) is 15.3. The van der Waals surface area contributed by atoms with Crippen LogP contribution in [0.2, 0.25) is 5.02 Å². The quantitative estimate of drug-likeness (QED) is 0.401. The highest BCUT2D eigenvalue weighted by Gasteiger charge is 2.25. The van der Waals surface area contributed by atoms with E-state index in [4.69, 9.17) is 16.6 Å². The number of aliphatic imine (C=N–C) groups is 1. The van der Waals surface area contributed by atoms with Gasteiger partial charge in [-0.25, -0.2) is 4.99 Å². The molecule has 2 atom stereocenters. The van der Waals surface area contributed by atoms with Crippen LogP contribution in [0.1, 0.15) is 29.0 Å². The van der Waals surface area contributed by atoms with Gasteiger partial charge in [0.2, 0.25) is 0 Å². The van der Waals surface area contributed by atoms with Crippen LogP contribution in [-0.2, 0) is 0 Å². The summed E-state index contributed by atoms with van der Waals surface area (Å²) < 4.78 is 0. The molecule has 5 rings (SSSR count). The van der Waals surface area contributed by atoms with Gasteiger partial charge in [0.05, 0.1) is 0 Å². The number of nitrogens with zero attached hydrogens (tertiary/aromatic N) is 1. The highest BCUT2D eigenvalue weighted by molar-refractivity contribution is 6.30. The monoisotopic (exact) mass is 423 g/mol. The lowest BCUT2D eigenvalue weighted by molar-refractivity contribution is 0.409.